The Morgan fingerprint density at radius 1 is 1.18 bits per heavy atom. The van der Waals surface area contributed by atoms with E-state index in [0.29, 0.717) is 22.8 Å². The van der Waals surface area contributed by atoms with Gasteiger partial charge in [0.1, 0.15) is 6.29 Å². The van der Waals surface area contributed by atoms with E-state index in [2.05, 4.69) is 27.1 Å². The standard InChI is InChI=1S/C21H22N4O2S/c1-24-8-10-25(11-9-24)13-16-12-15(14-26)6-7-17(16)20(27)23-21-22-18-4-2-3-5-19(18)28-21/h2-7,12,14H,8-11,13H2,1H3,(H,22,23,27). The molecule has 6 nitrogen and oxygen atoms in total. The number of anilines is 1. The largest absolute Gasteiger partial charge is 0.304 e. The van der Waals surface area contributed by atoms with Crippen LogP contribution in [0.1, 0.15) is 26.3 Å². The van der Waals surface area contributed by atoms with Crippen molar-refractivity contribution in [3.63, 3.8) is 0 Å². The van der Waals surface area contributed by atoms with E-state index in [1.807, 2.05) is 30.3 Å². The van der Waals surface area contributed by atoms with Crippen LogP contribution in [0.2, 0.25) is 0 Å². The van der Waals surface area contributed by atoms with Crippen LogP contribution in [0.15, 0.2) is 42.5 Å². The predicted molar refractivity (Wildman–Crippen MR) is 112 cm³/mol. The molecule has 28 heavy (non-hydrogen) atoms. The van der Waals surface area contributed by atoms with Crippen molar-refractivity contribution in [2.24, 2.45) is 0 Å². The summed E-state index contributed by atoms with van der Waals surface area (Å²) in [7, 11) is 2.11. The number of nitrogens with zero attached hydrogens (tertiary/aromatic N) is 3. The van der Waals surface area contributed by atoms with E-state index in [4.69, 9.17) is 0 Å². The number of thiazole rings is 1. The number of aldehydes is 1. The number of carbonyl (C=O) groups is 2. The third-order valence-corrected chi connectivity index (χ3v) is 5.97. The molecular formula is C21H22N4O2S. The Labute approximate surface area is 167 Å². The molecule has 1 aliphatic heterocycles. The minimum Gasteiger partial charge on any atom is -0.304 e. The summed E-state index contributed by atoms with van der Waals surface area (Å²) in [4.78, 5) is 33.3. The maximum atomic E-state index is 12.9. The van der Waals surface area contributed by atoms with Crippen molar-refractivity contribution in [3.8, 4) is 0 Å². The lowest BCUT2D eigenvalue weighted by Crippen LogP contribution is -2.44. The van der Waals surface area contributed by atoms with Crippen LogP contribution in [0.3, 0.4) is 0 Å². The summed E-state index contributed by atoms with van der Waals surface area (Å²) >= 11 is 1.45. The topological polar surface area (TPSA) is 65.5 Å². The summed E-state index contributed by atoms with van der Waals surface area (Å²) in [6.07, 6.45) is 0.822. The first-order chi connectivity index (χ1) is 13.6. The van der Waals surface area contributed by atoms with Crippen LogP contribution in [0, 0.1) is 0 Å². The maximum Gasteiger partial charge on any atom is 0.257 e. The zero-order valence-corrected chi connectivity index (χ0v) is 16.5. The van der Waals surface area contributed by atoms with Gasteiger partial charge in [0.2, 0.25) is 0 Å². The highest BCUT2D eigenvalue weighted by Crippen LogP contribution is 2.26. The normalized spacial score (nSPS) is 15.6. The number of carbonyl (C=O) groups excluding carboxylic acids is 2. The van der Waals surface area contributed by atoms with Gasteiger partial charge in [0.15, 0.2) is 5.13 Å². The molecule has 4 rings (SSSR count). The van der Waals surface area contributed by atoms with Crippen LogP contribution >= 0.6 is 11.3 Å². The van der Waals surface area contributed by atoms with Gasteiger partial charge in [0.05, 0.1) is 10.2 Å². The lowest BCUT2D eigenvalue weighted by molar-refractivity contribution is 0.102. The number of hydrogen-bond donors (Lipinski definition) is 1. The Kier molecular flexibility index (Phi) is 5.47. The summed E-state index contributed by atoms with van der Waals surface area (Å²) in [6.45, 7) is 4.54. The smallest absolute Gasteiger partial charge is 0.257 e. The minimum atomic E-state index is -0.194. The van der Waals surface area contributed by atoms with E-state index in [-0.39, 0.29) is 5.91 Å². The molecule has 1 aliphatic rings. The molecule has 2 heterocycles. The number of hydrogen-bond acceptors (Lipinski definition) is 6. The Balaban J connectivity index is 1.56. The number of piperazine rings is 1. The molecule has 1 fully saturated rings. The first kappa shape index (κ1) is 18.7. The van der Waals surface area contributed by atoms with Crippen molar-refractivity contribution in [1.82, 2.24) is 14.8 Å². The highest BCUT2D eigenvalue weighted by Gasteiger charge is 2.19. The molecule has 0 spiro atoms. The van der Waals surface area contributed by atoms with E-state index in [0.717, 1.165) is 48.2 Å². The average molecular weight is 395 g/mol. The van der Waals surface area contributed by atoms with E-state index in [9.17, 15) is 9.59 Å². The fourth-order valence-corrected chi connectivity index (χ4v) is 4.24. The van der Waals surface area contributed by atoms with Gasteiger partial charge in [0.25, 0.3) is 5.91 Å². The maximum absolute atomic E-state index is 12.9. The van der Waals surface area contributed by atoms with Gasteiger partial charge in [-0.3, -0.25) is 19.8 Å². The molecule has 1 saturated heterocycles. The third kappa shape index (κ3) is 4.11. The minimum absolute atomic E-state index is 0.194. The summed E-state index contributed by atoms with van der Waals surface area (Å²) in [5.41, 5.74) is 2.91. The molecule has 144 valence electrons. The molecule has 0 bridgehead atoms. The number of para-hydroxylation sites is 1. The molecular weight excluding hydrogens is 372 g/mol. The van der Waals surface area contributed by atoms with Crippen LogP contribution < -0.4 is 5.32 Å². The van der Waals surface area contributed by atoms with Gasteiger partial charge in [-0.1, -0.05) is 29.5 Å². The monoisotopic (exact) mass is 394 g/mol. The molecule has 1 amide bonds. The van der Waals surface area contributed by atoms with Crippen molar-refractivity contribution < 1.29 is 9.59 Å². The Morgan fingerprint density at radius 2 is 1.96 bits per heavy atom. The molecule has 7 heteroatoms. The summed E-state index contributed by atoms with van der Waals surface area (Å²) in [5.74, 6) is -0.194. The van der Waals surface area contributed by atoms with Gasteiger partial charge in [-0.05, 0) is 36.9 Å². The van der Waals surface area contributed by atoms with Gasteiger partial charge in [-0.25, -0.2) is 4.98 Å². The second-order valence-electron chi connectivity index (χ2n) is 7.05. The van der Waals surface area contributed by atoms with Crippen LogP contribution in [0.5, 0.6) is 0 Å². The Morgan fingerprint density at radius 3 is 2.71 bits per heavy atom. The number of amides is 1. The van der Waals surface area contributed by atoms with Crippen LogP contribution in [0.25, 0.3) is 10.2 Å². The van der Waals surface area contributed by atoms with E-state index in [1.165, 1.54) is 11.3 Å². The van der Waals surface area contributed by atoms with Gasteiger partial charge in [-0.2, -0.15) is 0 Å². The van der Waals surface area contributed by atoms with E-state index < -0.39 is 0 Å². The molecule has 1 N–H and O–H groups in total. The fourth-order valence-electron chi connectivity index (χ4n) is 3.38. The number of aromatic nitrogens is 1. The Bertz CT molecular complexity index is 976. The number of likely N-dealkylation sites (N-methyl/N-ethyl adjacent to an activating group) is 1. The highest BCUT2D eigenvalue weighted by atomic mass is 32.1. The second-order valence-corrected chi connectivity index (χ2v) is 8.09. The van der Waals surface area contributed by atoms with Gasteiger partial charge >= 0.3 is 0 Å². The van der Waals surface area contributed by atoms with Crippen molar-refractivity contribution in [1.29, 1.82) is 0 Å². The zero-order chi connectivity index (χ0) is 19.5. The molecule has 0 aliphatic carbocycles. The summed E-state index contributed by atoms with van der Waals surface area (Å²) in [6, 6.07) is 13.0. The van der Waals surface area contributed by atoms with Gasteiger partial charge < -0.3 is 4.90 Å². The van der Waals surface area contributed by atoms with Crippen molar-refractivity contribution in [2.45, 2.75) is 6.54 Å². The first-order valence-electron chi connectivity index (χ1n) is 9.28. The van der Waals surface area contributed by atoms with Gasteiger partial charge in [-0.15, -0.1) is 0 Å². The summed E-state index contributed by atoms with van der Waals surface area (Å²) < 4.78 is 1.03. The third-order valence-electron chi connectivity index (χ3n) is 5.01. The lowest BCUT2D eigenvalue weighted by Gasteiger charge is -2.32. The second kappa shape index (κ2) is 8.18. The van der Waals surface area contributed by atoms with Crippen molar-refractivity contribution in [3.05, 3.63) is 59.2 Å². The predicted octanol–water partition coefficient (Wildman–Crippen LogP) is 3.11. The number of fused-ring (bicyclic) bond motifs is 1. The Hall–Kier alpha value is -2.61. The molecule has 0 atom stereocenters. The van der Waals surface area contributed by atoms with Crippen molar-refractivity contribution in [2.75, 3.05) is 38.5 Å². The number of benzene rings is 2. The first-order valence-corrected chi connectivity index (χ1v) is 10.1. The lowest BCUT2D eigenvalue weighted by atomic mass is 10.0. The average Bonchev–Trinajstić information content (AvgIpc) is 3.11. The molecule has 3 aromatic rings. The van der Waals surface area contributed by atoms with Crippen LogP contribution in [0.4, 0.5) is 5.13 Å². The van der Waals surface area contributed by atoms with Crippen molar-refractivity contribution >= 4 is 38.9 Å². The molecule has 0 saturated carbocycles. The number of nitrogens with one attached hydrogen (secondary N) is 1. The quantitative estimate of drug-likeness (QED) is 0.674. The SMILES string of the molecule is CN1CCN(Cc2cc(C=O)ccc2C(=O)Nc2nc3ccccc3s2)CC1. The zero-order valence-electron chi connectivity index (χ0n) is 15.7. The molecule has 0 radical (unpaired) electrons. The summed E-state index contributed by atoms with van der Waals surface area (Å²) in [5, 5.41) is 3.50. The molecule has 1 aromatic heterocycles. The van der Waals surface area contributed by atoms with Crippen LogP contribution in [-0.4, -0.2) is 60.2 Å². The fraction of sp³-hybridized carbons (Fsp3) is 0.286. The van der Waals surface area contributed by atoms with E-state index in [1.54, 1.807) is 12.1 Å². The molecule has 2 aromatic carbocycles. The van der Waals surface area contributed by atoms with Crippen LogP contribution in [-0.2, 0) is 6.54 Å². The van der Waals surface area contributed by atoms with E-state index >= 15 is 0 Å². The number of rotatable bonds is 5. The van der Waals surface area contributed by atoms with Gasteiger partial charge in [0, 0.05) is 43.9 Å². The highest BCUT2D eigenvalue weighted by molar-refractivity contribution is 7.22. The molecule has 0 unspecified atom stereocenters.